The molecular weight excluding hydrogens is 314 g/mol. The van der Waals surface area contributed by atoms with Crippen molar-refractivity contribution in [2.45, 2.75) is 32.7 Å². The first-order chi connectivity index (χ1) is 10.7. The van der Waals surface area contributed by atoms with Gasteiger partial charge >= 0.3 is 0 Å². The lowest BCUT2D eigenvalue weighted by Crippen LogP contribution is -2.46. The minimum absolute atomic E-state index is 0.0910. The molecule has 0 fully saturated rings. The van der Waals surface area contributed by atoms with Crippen LogP contribution in [0.1, 0.15) is 26.3 Å². The van der Waals surface area contributed by atoms with Crippen LogP contribution in [0.15, 0.2) is 24.3 Å². The molecule has 1 aromatic rings. The Morgan fingerprint density at radius 1 is 1.17 bits per heavy atom. The molecule has 0 saturated carbocycles. The first-order valence-corrected chi connectivity index (χ1v) is 8.04. The van der Waals surface area contributed by atoms with E-state index in [9.17, 15) is 9.59 Å². The lowest BCUT2D eigenvalue weighted by Gasteiger charge is -2.23. The summed E-state index contributed by atoms with van der Waals surface area (Å²) in [6, 6.07) is 7.57. The van der Waals surface area contributed by atoms with Crippen molar-refractivity contribution in [1.82, 2.24) is 15.5 Å². The van der Waals surface area contributed by atoms with E-state index in [1.54, 1.807) is 11.9 Å². The Morgan fingerprint density at radius 3 is 2.43 bits per heavy atom. The van der Waals surface area contributed by atoms with E-state index < -0.39 is 0 Å². The Bertz CT molecular complexity index is 541. The second kappa shape index (κ2) is 8.89. The predicted octanol–water partition coefficient (Wildman–Crippen LogP) is 1.85. The molecule has 5 nitrogen and oxygen atoms in total. The van der Waals surface area contributed by atoms with Gasteiger partial charge in [0, 0.05) is 17.1 Å². The fourth-order valence-corrected chi connectivity index (χ4v) is 2.31. The Hall–Kier alpha value is -1.59. The van der Waals surface area contributed by atoms with Gasteiger partial charge in [0.15, 0.2) is 0 Å². The molecule has 1 rings (SSSR count). The van der Waals surface area contributed by atoms with Gasteiger partial charge in [-0.05, 0) is 51.9 Å². The van der Waals surface area contributed by atoms with E-state index in [1.165, 1.54) is 0 Å². The van der Waals surface area contributed by atoms with Crippen molar-refractivity contribution >= 4 is 23.4 Å². The number of nitrogens with zero attached hydrogens (tertiary/aromatic N) is 1. The summed E-state index contributed by atoms with van der Waals surface area (Å²) in [6.07, 6.45) is 0.723. The first kappa shape index (κ1) is 19.5. The molecule has 23 heavy (non-hydrogen) atoms. The molecule has 128 valence electrons. The van der Waals surface area contributed by atoms with E-state index in [0.29, 0.717) is 11.6 Å². The molecule has 0 heterocycles. The van der Waals surface area contributed by atoms with Crippen LogP contribution in [0.25, 0.3) is 0 Å². The molecule has 2 amide bonds. The molecule has 0 aliphatic heterocycles. The van der Waals surface area contributed by atoms with Gasteiger partial charge in [-0.3, -0.25) is 14.5 Å². The molecule has 1 aromatic carbocycles. The van der Waals surface area contributed by atoms with Gasteiger partial charge in [-0.2, -0.15) is 0 Å². The predicted molar refractivity (Wildman–Crippen MR) is 93.6 cm³/mol. The third-order valence-electron chi connectivity index (χ3n) is 2.97. The highest BCUT2D eigenvalue weighted by Crippen LogP contribution is 2.10. The third-order valence-corrected chi connectivity index (χ3v) is 3.20. The summed E-state index contributed by atoms with van der Waals surface area (Å²) in [5.41, 5.74) is 0.813. The van der Waals surface area contributed by atoms with Crippen LogP contribution in [0.4, 0.5) is 0 Å². The highest BCUT2D eigenvalue weighted by Gasteiger charge is 2.16. The Labute approximate surface area is 143 Å². The summed E-state index contributed by atoms with van der Waals surface area (Å²) >= 11 is 5.92. The molecular formula is C17H26ClN3O2. The van der Waals surface area contributed by atoms with Crippen LogP contribution in [-0.4, -0.2) is 48.9 Å². The Morgan fingerprint density at radius 2 is 1.83 bits per heavy atom. The topological polar surface area (TPSA) is 61.4 Å². The fourth-order valence-electron chi connectivity index (χ4n) is 2.10. The largest absolute Gasteiger partial charge is 0.355 e. The number of hydrogen-bond donors (Lipinski definition) is 2. The van der Waals surface area contributed by atoms with Crippen molar-refractivity contribution in [1.29, 1.82) is 0 Å². The maximum Gasteiger partial charge on any atom is 0.234 e. The molecule has 0 aliphatic rings. The van der Waals surface area contributed by atoms with Crippen LogP contribution < -0.4 is 10.6 Å². The summed E-state index contributed by atoms with van der Waals surface area (Å²) in [6.45, 7) is 6.70. The molecule has 2 N–H and O–H groups in total. The van der Waals surface area contributed by atoms with Gasteiger partial charge in [0.25, 0.3) is 0 Å². The van der Waals surface area contributed by atoms with E-state index in [-0.39, 0.29) is 30.4 Å². The molecule has 0 bridgehead atoms. The molecule has 0 aliphatic carbocycles. The number of nitrogens with one attached hydrogen (secondary N) is 2. The highest BCUT2D eigenvalue weighted by molar-refractivity contribution is 6.30. The normalized spacial score (nSPS) is 11.4. The van der Waals surface area contributed by atoms with Gasteiger partial charge in [-0.25, -0.2) is 0 Å². The Kier molecular flexibility index (Phi) is 7.52. The van der Waals surface area contributed by atoms with Crippen LogP contribution in [0.2, 0.25) is 5.02 Å². The minimum atomic E-state index is -0.267. The average Bonchev–Trinajstić information content (AvgIpc) is 2.35. The molecule has 0 radical (unpaired) electrons. The van der Waals surface area contributed by atoms with Crippen molar-refractivity contribution in [2.24, 2.45) is 0 Å². The number of amides is 2. The summed E-state index contributed by atoms with van der Waals surface area (Å²) in [5.74, 6) is -0.190. The van der Waals surface area contributed by atoms with Gasteiger partial charge in [0.2, 0.25) is 11.8 Å². The first-order valence-electron chi connectivity index (χ1n) is 7.66. The van der Waals surface area contributed by atoms with Gasteiger partial charge in [0.1, 0.15) is 0 Å². The second-order valence-electron chi connectivity index (χ2n) is 6.70. The van der Waals surface area contributed by atoms with Gasteiger partial charge < -0.3 is 10.6 Å². The van der Waals surface area contributed by atoms with Crippen molar-refractivity contribution in [3.8, 4) is 0 Å². The Balaban J connectivity index is 2.26. The number of hydrogen-bond acceptors (Lipinski definition) is 3. The summed E-state index contributed by atoms with van der Waals surface area (Å²) < 4.78 is 0. The number of carbonyl (C=O) groups is 2. The molecule has 0 atom stereocenters. The van der Waals surface area contributed by atoms with E-state index in [1.807, 2.05) is 45.0 Å². The lowest BCUT2D eigenvalue weighted by molar-refractivity contribution is -0.125. The maximum absolute atomic E-state index is 11.9. The second-order valence-corrected chi connectivity index (χ2v) is 7.14. The van der Waals surface area contributed by atoms with E-state index in [4.69, 9.17) is 11.6 Å². The average molecular weight is 340 g/mol. The van der Waals surface area contributed by atoms with Crippen molar-refractivity contribution in [2.75, 3.05) is 26.7 Å². The maximum atomic E-state index is 11.9. The number of carbonyl (C=O) groups excluding carboxylic acids is 2. The highest BCUT2D eigenvalue weighted by atomic mass is 35.5. The standard InChI is InChI=1S/C17H26ClN3O2/c1-17(2,3)20-16(23)12-21(4)11-15(22)19-9-8-13-6-5-7-14(18)10-13/h5-7,10H,8-9,11-12H2,1-4H3,(H,19,22)(H,20,23). The fraction of sp³-hybridized carbons (Fsp3) is 0.529. The van der Waals surface area contributed by atoms with Crippen molar-refractivity contribution in [3.63, 3.8) is 0 Å². The summed E-state index contributed by atoms with van der Waals surface area (Å²) in [4.78, 5) is 25.3. The van der Waals surface area contributed by atoms with Gasteiger partial charge in [0.05, 0.1) is 13.1 Å². The van der Waals surface area contributed by atoms with E-state index in [2.05, 4.69) is 10.6 Å². The van der Waals surface area contributed by atoms with Gasteiger partial charge in [-0.1, -0.05) is 23.7 Å². The van der Waals surface area contributed by atoms with Crippen LogP contribution in [0, 0.1) is 0 Å². The summed E-state index contributed by atoms with van der Waals surface area (Å²) in [5, 5.41) is 6.41. The zero-order chi connectivity index (χ0) is 17.5. The number of likely N-dealkylation sites (N-methyl/N-ethyl adjacent to an activating group) is 1. The third kappa shape index (κ3) is 9.21. The monoisotopic (exact) mass is 339 g/mol. The zero-order valence-electron chi connectivity index (χ0n) is 14.3. The molecule has 0 spiro atoms. The van der Waals surface area contributed by atoms with Crippen LogP contribution >= 0.6 is 11.6 Å². The zero-order valence-corrected chi connectivity index (χ0v) is 15.0. The van der Waals surface area contributed by atoms with Gasteiger partial charge in [-0.15, -0.1) is 0 Å². The lowest BCUT2D eigenvalue weighted by atomic mass is 10.1. The molecule has 0 aromatic heterocycles. The molecule has 0 unspecified atom stereocenters. The number of halogens is 1. The molecule has 0 saturated heterocycles. The van der Waals surface area contributed by atoms with Crippen LogP contribution in [0.3, 0.4) is 0 Å². The number of benzene rings is 1. The smallest absolute Gasteiger partial charge is 0.234 e. The van der Waals surface area contributed by atoms with E-state index in [0.717, 1.165) is 12.0 Å². The van der Waals surface area contributed by atoms with Crippen molar-refractivity contribution < 1.29 is 9.59 Å². The SMILES string of the molecule is CN(CC(=O)NCCc1cccc(Cl)c1)CC(=O)NC(C)(C)C. The van der Waals surface area contributed by atoms with E-state index >= 15 is 0 Å². The minimum Gasteiger partial charge on any atom is -0.355 e. The summed E-state index contributed by atoms with van der Waals surface area (Å²) in [7, 11) is 1.75. The molecule has 6 heteroatoms. The van der Waals surface area contributed by atoms with Crippen LogP contribution in [-0.2, 0) is 16.0 Å². The number of rotatable bonds is 7. The quantitative estimate of drug-likeness (QED) is 0.797. The van der Waals surface area contributed by atoms with Crippen LogP contribution in [0.5, 0.6) is 0 Å². The van der Waals surface area contributed by atoms with Crippen molar-refractivity contribution in [3.05, 3.63) is 34.9 Å².